The summed E-state index contributed by atoms with van der Waals surface area (Å²) >= 11 is 5.10. The molecule has 1 amide bonds. The molecule has 0 aliphatic rings. The molecule has 2 N–H and O–H groups in total. The average Bonchev–Trinajstić information content (AvgIpc) is 2.98. The van der Waals surface area contributed by atoms with Crippen LogP contribution in [0.15, 0.2) is 53.1 Å². The number of carbonyl (C=O) groups is 1. The maximum Gasteiger partial charge on any atom is 0.237 e. The number of nitrogens with zero attached hydrogens (tertiary/aromatic N) is 1. The van der Waals surface area contributed by atoms with Gasteiger partial charge in [-0.05, 0) is 24.6 Å². The molecule has 0 saturated carbocycles. The number of thiocarbonyl (C=S) groups is 1. The van der Waals surface area contributed by atoms with Crippen molar-refractivity contribution in [1.29, 1.82) is 0 Å². The van der Waals surface area contributed by atoms with E-state index in [0.717, 1.165) is 11.3 Å². The zero-order chi connectivity index (χ0) is 15.2. The van der Waals surface area contributed by atoms with Crippen LogP contribution in [0.3, 0.4) is 0 Å². The lowest BCUT2D eigenvalue weighted by Gasteiger charge is -2.25. The third-order valence-electron chi connectivity index (χ3n) is 3.28. The van der Waals surface area contributed by atoms with E-state index in [1.807, 2.05) is 43.3 Å². The van der Waals surface area contributed by atoms with E-state index in [-0.39, 0.29) is 10.9 Å². The number of amides is 1. The largest absolute Gasteiger partial charge is 0.467 e. The quantitative estimate of drug-likeness (QED) is 0.834. The lowest BCUT2D eigenvalue weighted by molar-refractivity contribution is -0.131. The minimum Gasteiger partial charge on any atom is -0.467 e. The molecule has 1 heterocycles. The minimum atomic E-state index is -0.601. The summed E-state index contributed by atoms with van der Waals surface area (Å²) in [5.41, 5.74) is 6.61. The fourth-order valence-electron chi connectivity index (χ4n) is 2.19. The first-order valence-corrected chi connectivity index (χ1v) is 7.19. The zero-order valence-electron chi connectivity index (χ0n) is 11.9. The summed E-state index contributed by atoms with van der Waals surface area (Å²) in [6.45, 7) is 2.89. The van der Waals surface area contributed by atoms with Gasteiger partial charge in [0.05, 0.1) is 17.8 Å². The molecule has 5 heteroatoms. The van der Waals surface area contributed by atoms with E-state index in [2.05, 4.69) is 0 Å². The number of carbonyl (C=O) groups excluding carboxylic acids is 1. The van der Waals surface area contributed by atoms with Gasteiger partial charge in [-0.25, -0.2) is 0 Å². The van der Waals surface area contributed by atoms with Crippen LogP contribution in [0.5, 0.6) is 0 Å². The van der Waals surface area contributed by atoms with Gasteiger partial charge in [-0.3, -0.25) is 4.79 Å². The number of benzene rings is 1. The third-order valence-corrected chi connectivity index (χ3v) is 3.52. The molecule has 0 bridgehead atoms. The van der Waals surface area contributed by atoms with Crippen molar-refractivity contribution < 1.29 is 9.21 Å². The van der Waals surface area contributed by atoms with Crippen molar-refractivity contribution in [1.82, 2.24) is 4.90 Å². The van der Waals surface area contributed by atoms with Crippen molar-refractivity contribution in [3.05, 3.63) is 60.1 Å². The summed E-state index contributed by atoms with van der Waals surface area (Å²) < 4.78 is 5.30. The van der Waals surface area contributed by atoms with Crippen LogP contribution in [0.1, 0.15) is 24.2 Å². The van der Waals surface area contributed by atoms with E-state index in [0.29, 0.717) is 13.1 Å². The molecule has 1 aromatic carbocycles. The van der Waals surface area contributed by atoms with Gasteiger partial charge in [-0.15, -0.1) is 0 Å². The normalized spacial score (nSPS) is 11.9. The second-order valence-electron chi connectivity index (χ2n) is 4.68. The first kappa shape index (κ1) is 15.3. The average molecular weight is 302 g/mol. The lowest BCUT2D eigenvalue weighted by atomic mass is 9.97. The van der Waals surface area contributed by atoms with Crippen molar-refractivity contribution in [2.24, 2.45) is 5.73 Å². The van der Waals surface area contributed by atoms with Crippen LogP contribution in [-0.2, 0) is 11.3 Å². The summed E-state index contributed by atoms with van der Waals surface area (Å²) in [4.78, 5) is 14.6. The number of nitrogens with two attached hydrogens (primary N) is 1. The Morgan fingerprint density at radius 2 is 2.00 bits per heavy atom. The van der Waals surface area contributed by atoms with E-state index in [9.17, 15) is 4.79 Å². The zero-order valence-corrected chi connectivity index (χ0v) is 12.7. The molecule has 0 spiro atoms. The molecule has 21 heavy (non-hydrogen) atoms. The fourth-order valence-corrected chi connectivity index (χ4v) is 2.43. The Morgan fingerprint density at radius 3 is 2.52 bits per heavy atom. The van der Waals surface area contributed by atoms with Gasteiger partial charge >= 0.3 is 0 Å². The molecule has 0 fully saturated rings. The summed E-state index contributed by atoms with van der Waals surface area (Å²) in [5.74, 6) is 0.0312. The SMILES string of the molecule is CCN(Cc1ccco1)C(=O)C(C(N)=S)c1ccccc1. The molecule has 0 aliphatic heterocycles. The van der Waals surface area contributed by atoms with Gasteiger partial charge in [-0.2, -0.15) is 0 Å². The van der Waals surface area contributed by atoms with E-state index < -0.39 is 5.92 Å². The molecule has 1 unspecified atom stereocenters. The van der Waals surface area contributed by atoms with Crippen LogP contribution >= 0.6 is 12.2 Å². The third kappa shape index (κ3) is 3.70. The summed E-state index contributed by atoms with van der Waals surface area (Å²) in [7, 11) is 0. The predicted molar refractivity (Wildman–Crippen MR) is 85.8 cm³/mol. The van der Waals surface area contributed by atoms with E-state index in [1.54, 1.807) is 17.2 Å². The van der Waals surface area contributed by atoms with Gasteiger partial charge in [0, 0.05) is 6.54 Å². The molecule has 1 aromatic heterocycles. The number of furan rings is 1. The Kier molecular flexibility index (Phi) is 5.11. The molecular formula is C16H18N2O2S. The van der Waals surface area contributed by atoms with Gasteiger partial charge < -0.3 is 15.1 Å². The molecule has 1 atom stereocenters. The molecule has 2 aromatic rings. The summed E-state index contributed by atoms with van der Waals surface area (Å²) in [5, 5.41) is 0. The maximum absolute atomic E-state index is 12.8. The number of hydrogen-bond acceptors (Lipinski definition) is 3. The Bertz CT molecular complexity index is 596. The minimum absolute atomic E-state index is 0.104. The Hall–Kier alpha value is -2.14. The highest BCUT2D eigenvalue weighted by molar-refractivity contribution is 7.80. The second-order valence-corrected chi connectivity index (χ2v) is 5.15. The van der Waals surface area contributed by atoms with Crippen molar-refractivity contribution in [2.75, 3.05) is 6.54 Å². The summed E-state index contributed by atoms with van der Waals surface area (Å²) in [6, 6.07) is 13.0. The molecule has 0 saturated heterocycles. The van der Waals surface area contributed by atoms with Crippen molar-refractivity contribution in [3.8, 4) is 0 Å². The van der Waals surface area contributed by atoms with Crippen LogP contribution in [0.25, 0.3) is 0 Å². The van der Waals surface area contributed by atoms with E-state index in [1.165, 1.54) is 0 Å². The second kappa shape index (κ2) is 7.04. The molecule has 4 nitrogen and oxygen atoms in total. The fraction of sp³-hybridized carbons (Fsp3) is 0.250. The van der Waals surface area contributed by atoms with Crippen molar-refractivity contribution in [2.45, 2.75) is 19.4 Å². The first-order valence-electron chi connectivity index (χ1n) is 6.79. The van der Waals surface area contributed by atoms with Gasteiger partial charge in [0.25, 0.3) is 0 Å². The first-order chi connectivity index (χ1) is 10.1. The van der Waals surface area contributed by atoms with Gasteiger partial charge in [-0.1, -0.05) is 42.5 Å². The molecule has 0 aliphatic carbocycles. The van der Waals surface area contributed by atoms with Crippen LogP contribution in [0.4, 0.5) is 0 Å². The topological polar surface area (TPSA) is 59.5 Å². The van der Waals surface area contributed by atoms with Crippen molar-refractivity contribution >= 4 is 23.1 Å². The Balaban J connectivity index is 2.22. The van der Waals surface area contributed by atoms with Gasteiger partial charge in [0.15, 0.2) is 0 Å². The van der Waals surface area contributed by atoms with Crippen molar-refractivity contribution in [3.63, 3.8) is 0 Å². The van der Waals surface area contributed by atoms with Crippen LogP contribution < -0.4 is 5.73 Å². The molecule has 110 valence electrons. The van der Waals surface area contributed by atoms with E-state index in [4.69, 9.17) is 22.4 Å². The predicted octanol–water partition coefficient (Wildman–Crippen LogP) is 2.70. The summed E-state index contributed by atoms with van der Waals surface area (Å²) in [6.07, 6.45) is 1.59. The standard InChI is InChI=1S/C16H18N2O2S/c1-2-18(11-13-9-6-10-20-13)16(19)14(15(17)21)12-7-4-3-5-8-12/h3-10,14H,2,11H2,1H3,(H2,17,21). The molecule has 2 rings (SSSR count). The number of rotatable bonds is 6. The highest BCUT2D eigenvalue weighted by atomic mass is 32.1. The Labute approximate surface area is 129 Å². The van der Waals surface area contributed by atoms with Gasteiger partial charge in [0.1, 0.15) is 11.7 Å². The number of likely N-dealkylation sites (N-methyl/N-ethyl adjacent to an activating group) is 1. The number of hydrogen-bond donors (Lipinski definition) is 1. The highest BCUT2D eigenvalue weighted by Gasteiger charge is 2.28. The smallest absolute Gasteiger partial charge is 0.237 e. The van der Waals surface area contributed by atoms with Crippen LogP contribution in [-0.4, -0.2) is 22.3 Å². The van der Waals surface area contributed by atoms with Crippen LogP contribution in [0.2, 0.25) is 0 Å². The van der Waals surface area contributed by atoms with E-state index >= 15 is 0 Å². The molecule has 0 radical (unpaired) electrons. The van der Waals surface area contributed by atoms with Gasteiger partial charge in [0.2, 0.25) is 5.91 Å². The Morgan fingerprint density at radius 1 is 1.29 bits per heavy atom. The highest BCUT2D eigenvalue weighted by Crippen LogP contribution is 2.20. The molecular weight excluding hydrogens is 284 g/mol. The monoisotopic (exact) mass is 302 g/mol. The maximum atomic E-state index is 12.8. The van der Waals surface area contributed by atoms with Crippen LogP contribution in [0, 0.1) is 0 Å². The lowest BCUT2D eigenvalue weighted by Crippen LogP contribution is -2.39.